The van der Waals surface area contributed by atoms with Crippen molar-refractivity contribution in [2.24, 2.45) is 0 Å². The summed E-state index contributed by atoms with van der Waals surface area (Å²) in [5, 5.41) is 5.76. The van der Waals surface area contributed by atoms with Crippen LogP contribution in [0.5, 0.6) is 0 Å². The monoisotopic (exact) mass is 405 g/mol. The van der Waals surface area contributed by atoms with Gasteiger partial charge in [-0.2, -0.15) is 0 Å². The molecule has 0 aliphatic carbocycles. The van der Waals surface area contributed by atoms with E-state index in [-0.39, 0.29) is 22.8 Å². The summed E-state index contributed by atoms with van der Waals surface area (Å²) in [5.41, 5.74) is 1.10. The Morgan fingerprint density at radius 3 is 2.27 bits per heavy atom. The van der Waals surface area contributed by atoms with Gasteiger partial charge in [0, 0.05) is 15.6 Å². The number of fused-ring (bicyclic) bond motifs is 1. The summed E-state index contributed by atoms with van der Waals surface area (Å²) in [5.74, 6) is -0.646. The molecule has 0 fully saturated rings. The molecule has 4 rings (SSSR count). The van der Waals surface area contributed by atoms with E-state index < -0.39 is 0 Å². The quantitative estimate of drug-likeness (QED) is 0.445. The lowest BCUT2D eigenvalue weighted by atomic mass is 9.98. The molecule has 0 bridgehead atoms. The van der Waals surface area contributed by atoms with Crippen LogP contribution in [-0.2, 0) is 0 Å². The first-order valence-corrected chi connectivity index (χ1v) is 8.71. The van der Waals surface area contributed by atoms with Crippen molar-refractivity contribution in [3.05, 3.63) is 99.9 Å². The summed E-state index contributed by atoms with van der Waals surface area (Å²) >= 11 is 3.33. The molecular weight excluding hydrogens is 394 g/mol. The van der Waals surface area contributed by atoms with E-state index in [9.17, 15) is 9.59 Å². The summed E-state index contributed by atoms with van der Waals surface area (Å²) in [4.78, 5) is 25.6. The highest BCUT2D eigenvalue weighted by molar-refractivity contribution is 9.10. The number of halogens is 1. The minimum Gasteiger partial charge on any atom is -0.363 e. The highest BCUT2D eigenvalue weighted by atomic mass is 79.9. The van der Waals surface area contributed by atoms with E-state index in [1.165, 1.54) is 6.26 Å². The maximum atomic E-state index is 12.9. The van der Waals surface area contributed by atoms with Gasteiger partial charge in [-0.15, -0.1) is 0 Å². The summed E-state index contributed by atoms with van der Waals surface area (Å²) in [7, 11) is 0. The standard InChI is InChI=1S/C21H12BrNO3/c22-17-9-7-14(8-10-17)21(25)19-18(12-26-23-19)20(24)16-6-5-13-3-1-2-4-15(13)11-16/h1-12H. The fraction of sp³-hybridized carbons (Fsp3) is 0. The molecule has 5 heteroatoms. The molecule has 0 unspecified atom stereocenters. The third-order valence-corrected chi connectivity index (χ3v) is 4.68. The van der Waals surface area contributed by atoms with Gasteiger partial charge in [-0.1, -0.05) is 57.5 Å². The fourth-order valence-electron chi connectivity index (χ4n) is 2.79. The molecule has 0 atom stereocenters. The van der Waals surface area contributed by atoms with Gasteiger partial charge in [-0.05, 0) is 41.1 Å². The van der Waals surface area contributed by atoms with Gasteiger partial charge in [-0.3, -0.25) is 9.59 Å². The first kappa shape index (κ1) is 16.4. The van der Waals surface area contributed by atoms with Crippen molar-refractivity contribution in [3.63, 3.8) is 0 Å². The average molecular weight is 406 g/mol. The number of rotatable bonds is 4. The van der Waals surface area contributed by atoms with Crippen molar-refractivity contribution in [2.75, 3.05) is 0 Å². The normalized spacial score (nSPS) is 10.8. The predicted molar refractivity (Wildman–Crippen MR) is 101 cm³/mol. The molecule has 4 aromatic rings. The minimum absolute atomic E-state index is 0.0190. The summed E-state index contributed by atoms with van der Waals surface area (Å²) < 4.78 is 5.80. The number of benzene rings is 3. The number of carbonyl (C=O) groups is 2. The van der Waals surface area contributed by atoms with E-state index in [4.69, 9.17) is 4.52 Å². The van der Waals surface area contributed by atoms with Gasteiger partial charge >= 0.3 is 0 Å². The second-order valence-electron chi connectivity index (χ2n) is 5.80. The second kappa shape index (κ2) is 6.69. The highest BCUT2D eigenvalue weighted by Gasteiger charge is 2.24. The van der Waals surface area contributed by atoms with Crippen molar-refractivity contribution < 1.29 is 14.1 Å². The molecule has 0 radical (unpaired) electrons. The Kier molecular flexibility index (Phi) is 4.22. The van der Waals surface area contributed by atoms with E-state index >= 15 is 0 Å². The molecular formula is C21H12BrNO3. The van der Waals surface area contributed by atoms with Crippen LogP contribution < -0.4 is 0 Å². The number of ketones is 2. The number of hydrogen-bond acceptors (Lipinski definition) is 4. The Morgan fingerprint density at radius 1 is 0.808 bits per heavy atom. The number of aromatic nitrogens is 1. The summed E-state index contributed by atoms with van der Waals surface area (Å²) in [6.45, 7) is 0. The van der Waals surface area contributed by atoms with Gasteiger partial charge in [0.25, 0.3) is 0 Å². The van der Waals surface area contributed by atoms with Crippen molar-refractivity contribution in [3.8, 4) is 0 Å². The maximum absolute atomic E-state index is 12.9. The fourth-order valence-corrected chi connectivity index (χ4v) is 3.05. The molecule has 3 aromatic carbocycles. The van der Waals surface area contributed by atoms with E-state index in [0.29, 0.717) is 11.1 Å². The highest BCUT2D eigenvalue weighted by Crippen LogP contribution is 2.21. The van der Waals surface area contributed by atoms with E-state index in [1.54, 1.807) is 36.4 Å². The van der Waals surface area contributed by atoms with Crippen LogP contribution in [0.3, 0.4) is 0 Å². The minimum atomic E-state index is -0.351. The number of carbonyl (C=O) groups excluding carboxylic acids is 2. The first-order chi connectivity index (χ1) is 12.6. The van der Waals surface area contributed by atoms with Crippen LogP contribution in [0.2, 0.25) is 0 Å². The predicted octanol–water partition coefficient (Wildman–Crippen LogP) is 5.05. The summed E-state index contributed by atoms with van der Waals surface area (Å²) in [6.07, 6.45) is 1.23. The molecule has 0 amide bonds. The van der Waals surface area contributed by atoms with Crippen LogP contribution in [0.15, 0.2) is 82.0 Å². The third kappa shape index (κ3) is 2.97. The van der Waals surface area contributed by atoms with Gasteiger partial charge in [0.15, 0.2) is 11.5 Å². The van der Waals surface area contributed by atoms with Gasteiger partial charge in [0.1, 0.15) is 6.26 Å². The van der Waals surface area contributed by atoms with Crippen LogP contribution in [0.1, 0.15) is 32.0 Å². The van der Waals surface area contributed by atoms with Gasteiger partial charge in [-0.25, -0.2) is 0 Å². The zero-order valence-electron chi connectivity index (χ0n) is 13.5. The molecule has 0 saturated carbocycles. The Bertz CT molecular complexity index is 1130. The molecule has 1 aromatic heterocycles. The van der Waals surface area contributed by atoms with E-state index in [1.807, 2.05) is 30.3 Å². The van der Waals surface area contributed by atoms with E-state index in [0.717, 1.165) is 15.2 Å². The Hall–Kier alpha value is -3.05. The average Bonchev–Trinajstić information content (AvgIpc) is 3.17. The SMILES string of the molecule is O=C(c1ccc2ccccc2c1)c1conc1C(=O)c1ccc(Br)cc1. The van der Waals surface area contributed by atoms with Crippen LogP contribution in [-0.4, -0.2) is 16.7 Å². The topological polar surface area (TPSA) is 60.2 Å². The summed E-state index contributed by atoms with van der Waals surface area (Å²) in [6, 6.07) is 20.1. The zero-order valence-corrected chi connectivity index (χ0v) is 15.1. The molecule has 26 heavy (non-hydrogen) atoms. The van der Waals surface area contributed by atoms with Gasteiger partial charge in [0.05, 0.1) is 5.56 Å². The zero-order chi connectivity index (χ0) is 18.1. The molecule has 1 heterocycles. The lowest BCUT2D eigenvalue weighted by Crippen LogP contribution is -2.10. The van der Waals surface area contributed by atoms with Crippen LogP contribution in [0, 0.1) is 0 Å². The molecule has 126 valence electrons. The molecule has 0 spiro atoms. The van der Waals surface area contributed by atoms with Gasteiger partial charge < -0.3 is 4.52 Å². The smallest absolute Gasteiger partial charge is 0.215 e. The van der Waals surface area contributed by atoms with Crippen LogP contribution in [0.25, 0.3) is 10.8 Å². The van der Waals surface area contributed by atoms with Crippen molar-refractivity contribution >= 4 is 38.3 Å². The Morgan fingerprint density at radius 2 is 1.50 bits per heavy atom. The Balaban J connectivity index is 1.72. The molecule has 4 nitrogen and oxygen atoms in total. The molecule has 0 saturated heterocycles. The second-order valence-corrected chi connectivity index (χ2v) is 6.72. The molecule has 0 N–H and O–H groups in total. The van der Waals surface area contributed by atoms with Crippen molar-refractivity contribution in [1.29, 1.82) is 0 Å². The lowest BCUT2D eigenvalue weighted by molar-refractivity contribution is 0.100. The van der Waals surface area contributed by atoms with Gasteiger partial charge in [0.2, 0.25) is 5.78 Å². The van der Waals surface area contributed by atoms with E-state index in [2.05, 4.69) is 21.1 Å². The first-order valence-electron chi connectivity index (χ1n) is 7.91. The van der Waals surface area contributed by atoms with Crippen LogP contribution in [0.4, 0.5) is 0 Å². The molecule has 0 aliphatic rings. The Labute approximate surface area is 157 Å². The van der Waals surface area contributed by atoms with Crippen molar-refractivity contribution in [2.45, 2.75) is 0 Å². The maximum Gasteiger partial charge on any atom is 0.215 e. The largest absolute Gasteiger partial charge is 0.363 e. The lowest BCUT2D eigenvalue weighted by Gasteiger charge is -2.03. The van der Waals surface area contributed by atoms with Crippen molar-refractivity contribution in [1.82, 2.24) is 5.16 Å². The number of hydrogen-bond donors (Lipinski definition) is 0. The van der Waals surface area contributed by atoms with Crippen LogP contribution >= 0.6 is 15.9 Å². The number of nitrogens with zero attached hydrogens (tertiary/aromatic N) is 1. The third-order valence-electron chi connectivity index (χ3n) is 4.15. The molecule has 0 aliphatic heterocycles.